The van der Waals surface area contributed by atoms with E-state index in [9.17, 15) is 0 Å². The van der Waals surface area contributed by atoms with Crippen molar-refractivity contribution in [3.05, 3.63) is 125 Å². The van der Waals surface area contributed by atoms with Gasteiger partial charge >= 0.3 is 0 Å². The Hall–Kier alpha value is -3.16. The highest BCUT2D eigenvalue weighted by Gasteiger charge is 2.43. The Morgan fingerprint density at radius 2 is 1.16 bits per heavy atom. The highest BCUT2D eigenvalue weighted by atomic mass is 28.3. The van der Waals surface area contributed by atoms with Gasteiger partial charge in [-0.2, -0.15) is 0 Å². The summed E-state index contributed by atoms with van der Waals surface area (Å²) >= 11 is 0. The molecule has 0 amide bonds. The normalized spacial score (nSPS) is 14.3. The van der Waals surface area contributed by atoms with Crippen LogP contribution in [0.15, 0.2) is 103 Å². The van der Waals surface area contributed by atoms with Crippen LogP contribution < -0.4 is 10.4 Å². The van der Waals surface area contributed by atoms with Crippen LogP contribution in [0.1, 0.15) is 62.8 Å². The Morgan fingerprint density at radius 1 is 0.658 bits per heavy atom. The summed E-state index contributed by atoms with van der Waals surface area (Å²) in [6.07, 6.45) is 4.78. The molecule has 1 heteroatoms. The first-order valence-electron chi connectivity index (χ1n) is 14.3. The molecule has 38 heavy (non-hydrogen) atoms. The van der Waals surface area contributed by atoms with Crippen molar-refractivity contribution in [1.82, 2.24) is 0 Å². The van der Waals surface area contributed by atoms with Gasteiger partial charge in [-0.3, -0.25) is 0 Å². The van der Waals surface area contributed by atoms with Gasteiger partial charge in [-0.05, 0) is 59.4 Å². The average Bonchev–Trinajstić information content (AvgIpc) is 3.15. The fourth-order valence-corrected chi connectivity index (χ4v) is 9.85. The number of hydrogen-bond donors (Lipinski definition) is 0. The van der Waals surface area contributed by atoms with Crippen molar-refractivity contribution < 1.29 is 0 Å². The van der Waals surface area contributed by atoms with Crippen molar-refractivity contribution >= 4 is 24.5 Å². The maximum atomic E-state index is 2.54. The van der Waals surface area contributed by atoms with Crippen LogP contribution in [0.25, 0.3) is 17.2 Å². The van der Waals surface area contributed by atoms with Crippen LogP contribution in [0.5, 0.6) is 0 Å². The van der Waals surface area contributed by atoms with Gasteiger partial charge < -0.3 is 0 Å². The van der Waals surface area contributed by atoms with Crippen molar-refractivity contribution in [2.45, 2.75) is 59.4 Å². The van der Waals surface area contributed by atoms with Gasteiger partial charge in [0, 0.05) is 5.41 Å². The molecule has 0 atom stereocenters. The minimum absolute atomic E-state index is 0.0719. The summed E-state index contributed by atoms with van der Waals surface area (Å²) in [4.78, 5) is 0. The minimum Gasteiger partial charge on any atom is -0.0855 e. The van der Waals surface area contributed by atoms with E-state index in [1.54, 1.807) is 5.56 Å². The van der Waals surface area contributed by atoms with Crippen molar-refractivity contribution in [3.63, 3.8) is 0 Å². The van der Waals surface area contributed by atoms with Gasteiger partial charge in [-0.15, -0.1) is 0 Å². The van der Waals surface area contributed by atoms with Gasteiger partial charge in [0.2, 0.25) is 0 Å². The second-order valence-electron chi connectivity index (χ2n) is 12.4. The molecule has 194 valence electrons. The second kappa shape index (κ2) is 10.5. The molecule has 0 radical (unpaired) electrons. The summed E-state index contributed by atoms with van der Waals surface area (Å²) in [5.41, 5.74) is 11.2. The summed E-state index contributed by atoms with van der Waals surface area (Å²) in [7, 11) is -2.05. The molecule has 0 saturated heterocycles. The van der Waals surface area contributed by atoms with E-state index in [0.29, 0.717) is 11.8 Å². The summed E-state index contributed by atoms with van der Waals surface area (Å²) in [5, 5.41) is 2.89. The molecule has 0 nitrogen and oxygen atoms in total. The number of rotatable bonds is 8. The van der Waals surface area contributed by atoms with Gasteiger partial charge in [0.25, 0.3) is 0 Å². The highest BCUT2D eigenvalue weighted by Crippen LogP contribution is 2.55. The molecule has 0 aliphatic heterocycles. The molecule has 0 N–H and O–H groups in total. The standard InChI is InChI=1S/C37H42Si/c1-27(2)25-37(26-28(3)4)35-23-29(5)17-19-33(35)34-20-18-30(24-36(34)37)21-22-38(6,31-13-9-7-10-14-31)32-15-11-8-12-16-32/h7-24,27-28H,25-26H2,1-6H3/b22-21+. The van der Waals surface area contributed by atoms with Crippen LogP contribution in [-0.2, 0) is 5.41 Å². The molecule has 0 heterocycles. The molecule has 0 aromatic heterocycles. The lowest BCUT2D eigenvalue weighted by Gasteiger charge is -2.36. The smallest absolute Gasteiger partial charge is 0.0855 e. The highest BCUT2D eigenvalue weighted by molar-refractivity contribution is 7.05. The number of hydrogen-bond acceptors (Lipinski definition) is 0. The predicted octanol–water partition coefficient (Wildman–Crippen LogP) is 8.80. The number of fused-ring (bicyclic) bond motifs is 3. The molecular formula is C37H42Si. The van der Waals surface area contributed by atoms with Gasteiger partial charge in [0.1, 0.15) is 8.07 Å². The van der Waals surface area contributed by atoms with E-state index < -0.39 is 8.07 Å². The monoisotopic (exact) mass is 514 g/mol. The first kappa shape index (κ1) is 26.4. The van der Waals surface area contributed by atoms with Crippen LogP contribution in [0.3, 0.4) is 0 Å². The van der Waals surface area contributed by atoms with E-state index in [1.807, 2.05) is 0 Å². The van der Waals surface area contributed by atoms with Gasteiger partial charge in [-0.1, -0.05) is 159 Å². The van der Waals surface area contributed by atoms with Crippen molar-refractivity contribution in [1.29, 1.82) is 0 Å². The first-order chi connectivity index (χ1) is 18.2. The molecule has 4 aromatic carbocycles. The van der Waals surface area contributed by atoms with E-state index in [2.05, 4.69) is 150 Å². The average molecular weight is 515 g/mol. The van der Waals surface area contributed by atoms with Crippen molar-refractivity contribution in [3.8, 4) is 11.1 Å². The van der Waals surface area contributed by atoms with Crippen LogP contribution in [0, 0.1) is 18.8 Å². The van der Waals surface area contributed by atoms with Crippen LogP contribution >= 0.6 is 0 Å². The zero-order valence-electron chi connectivity index (χ0n) is 24.0. The lowest BCUT2D eigenvalue weighted by atomic mass is 9.67. The molecule has 0 bridgehead atoms. The third-order valence-electron chi connectivity index (χ3n) is 8.41. The maximum Gasteiger partial charge on any atom is 0.138 e. The van der Waals surface area contributed by atoms with Gasteiger partial charge in [-0.25, -0.2) is 0 Å². The van der Waals surface area contributed by atoms with E-state index in [-0.39, 0.29) is 5.41 Å². The van der Waals surface area contributed by atoms with Crippen molar-refractivity contribution in [2.75, 3.05) is 0 Å². The Kier molecular flexibility index (Phi) is 7.33. The zero-order valence-corrected chi connectivity index (χ0v) is 25.0. The Bertz CT molecular complexity index is 1380. The zero-order chi connectivity index (χ0) is 26.9. The Balaban J connectivity index is 1.64. The lowest BCUT2D eigenvalue weighted by Crippen LogP contribution is -2.54. The van der Waals surface area contributed by atoms with E-state index in [0.717, 1.165) is 0 Å². The molecule has 0 saturated carbocycles. The van der Waals surface area contributed by atoms with E-state index in [4.69, 9.17) is 0 Å². The predicted molar refractivity (Wildman–Crippen MR) is 169 cm³/mol. The molecule has 0 spiro atoms. The lowest BCUT2D eigenvalue weighted by molar-refractivity contribution is 0.337. The topological polar surface area (TPSA) is 0 Å². The minimum atomic E-state index is -2.05. The molecule has 5 rings (SSSR count). The molecule has 0 unspecified atom stereocenters. The SMILES string of the molecule is Cc1ccc2c(c1)C(CC(C)C)(CC(C)C)c1cc(/C=C/[Si](C)(c3ccccc3)c3ccccc3)ccc1-2. The Morgan fingerprint density at radius 3 is 1.68 bits per heavy atom. The summed E-state index contributed by atoms with van der Waals surface area (Å²) < 4.78 is 0. The third kappa shape index (κ3) is 4.85. The second-order valence-corrected chi connectivity index (χ2v) is 16.3. The summed E-state index contributed by atoms with van der Waals surface area (Å²) in [6.45, 7) is 14.3. The van der Waals surface area contributed by atoms with E-state index >= 15 is 0 Å². The van der Waals surface area contributed by atoms with Crippen LogP contribution in [0.4, 0.5) is 0 Å². The molecule has 1 aliphatic rings. The molecule has 1 aliphatic carbocycles. The number of benzene rings is 4. The Labute approximate surface area is 231 Å². The third-order valence-corrected chi connectivity index (χ3v) is 12.3. The quantitative estimate of drug-likeness (QED) is 0.206. The maximum absolute atomic E-state index is 2.54. The molecule has 4 aromatic rings. The summed E-state index contributed by atoms with van der Waals surface area (Å²) in [5.74, 6) is 1.25. The molecule has 0 fully saturated rings. The largest absolute Gasteiger partial charge is 0.138 e. The van der Waals surface area contributed by atoms with Gasteiger partial charge in [0.15, 0.2) is 0 Å². The van der Waals surface area contributed by atoms with E-state index in [1.165, 1.54) is 51.0 Å². The summed E-state index contributed by atoms with van der Waals surface area (Å²) in [6, 6.07) is 36.6. The van der Waals surface area contributed by atoms with Crippen LogP contribution in [0.2, 0.25) is 6.55 Å². The number of aryl methyl sites for hydroxylation is 1. The van der Waals surface area contributed by atoms with Crippen LogP contribution in [-0.4, -0.2) is 8.07 Å². The molecular weight excluding hydrogens is 472 g/mol. The van der Waals surface area contributed by atoms with Gasteiger partial charge in [0.05, 0.1) is 0 Å². The first-order valence-corrected chi connectivity index (χ1v) is 16.9. The fourth-order valence-electron chi connectivity index (χ4n) is 6.84. The van der Waals surface area contributed by atoms with Crippen molar-refractivity contribution in [2.24, 2.45) is 11.8 Å². The fraction of sp³-hybridized carbons (Fsp3) is 0.297.